The molecule has 2 heterocycles. The van der Waals surface area contributed by atoms with Gasteiger partial charge in [-0.2, -0.15) is 5.26 Å². The molecule has 150 valence electrons. The molecular weight excluding hydrogens is 418 g/mol. The summed E-state index contributed by atoms with van der Waals surface area (Å²) < 4.78 is 26.1. The van der Waals surface area contributed by atoms with Crippen molar-refractivity contribution in [3.63, 3.8) is 0 Å². The Morgan fingerprint density at radius 3 is 2.63 bits per heavy atom. The molecule has 0 saturated carbocycles. The SMILES string of the molecule is Cc1c(-c2cccnc2)n(Cc2ccc(S(C)(=O)=O)c(C#N)c2)c2ccc(Cl)cc12. The van der Waals surface area contributed by atoms with Crippen LogP contribution in [0, 0.1) is 18.3 Å². The molecule has 0 bridgehead atoms. The number of pyridine rings is 1. The van der Waals surface area contributed by atoms with Gasteiger partial charge in [-0.05, 0) is 60.5 Å². The van der Waals surface area contributed by atoms with Crippen LogP contribution in [0.15, 0.2) is 65.8 Å². The quantitative estimate of drug-likeness (QED) is 0.452. The molecule has 0 N–H and O–H groups in total. The Morgan fingerprint density at radius 2 is 1.97 bits per heavy atom. The van der Waals surface area contributed by atoms with Gasteiger partial charge < -0.3 is 4.57 Å². The Bertz CT molecular complexity index is 1420. The van der Waals surface area contributed by atoms with Crippen molar-refractivity contribution in [2.75, 3.05) is 6.26 Å². The summed E-state index contributed by atoms with van der Waals surface area (Å²) in [4.78, 5) is 4.30. The average Bonchev–Trinajstić information content (AvgIpc) is 2.98. The number of sulfone groups is 1. The molecule has 0 atom stereocenters. The highest BCUT2D eigenvalue weighted by molar-refractivity contribution is 7.90. The molecule has 0 saturated heterocycles. The average molecular weight is 436 g/mol. The minimum atomic E-state index is -3.47. The lowest BCUT2D eigenvalue weighted by atomic mass is 10.1. The number of fused-ring (bicyclic) bond motifs is 1. The van der Waals surface area contributed by atoms with Crippen molar-refractivity contribution >= 4 is 32.3 Å². The topological polar surface area (TPSA) is 75.8 Å². The van der Waals surface area contributed by atoms with Crippen LogP contribution in [-0.2, 0) is 16.4 Å². The van der Waals surface area contributed by atoms with Gasteiger partial charge in [-0.1, -0.05) is 17.7 Å². The van der Waals surface area contributed by atoms with Gasteiger partial charge in [-0.25, -0.2) is 8.42 Å². The van der Waals surface area contributed by atoms with Crippen molar-refractivity contribution in [2.24, 2.45) is 0 Å². The third kappa shape index (κ3) is 3.58. The van der Waals surface area contributed by atoms with Gasteiger partial charge in [-0.15, -0.1) is 0 Å². The number of halogens is 1. The predicted octanol–water partition coefficient (Wildman–Crippen LogP) is 4.99. The maximum atomic E-state index is 12.0. The molecule has 7 heteroatoms. The third-order valence-corrected chi connectivity index (χ3v) is 6.51. The van der Waals surface area contributed by atoms with Crippen LogP contribution < -0.4 is 0 Å². The molecule has 0 aliphatic heterocycles. The first-order valence-electron chi connectivity index (χ1n) is 9.21. The molecule has 2 aromatic heterocycles. The van der Waals surface area contributed by atoms with Crippen molar-refractivity contribution < 1.29 is 8.42 Å². The lowest BCUT2D eigenvalue weighted by Gasteiger charge is -2.13. The van der Waals surface area contributed by atoms with Gasteiger partial charge in [0.25, 0.3) is 0 Å². The Labute approximate surface area is 180 Å². The van der Waals surface area contributed by atoms with E-state index in [1.165, 1.54) is 6.07 Å². The monoisotopic (exact) mass is 435 g/mol. The maximum absolute atomic E-state index is 12.0. The van der Waals surface area contributed by atoms with E-state index in [0.717, 1.165) is 39.5 Å². The van der Waals surface area contributed by atoms with Gasteiger partial charge in [0, 0.05) is 46.7 Å². The Balaban J connectivity index is 1.92. The van der Waals surface area contributed by atoms with Gasteiger partial charge in [0.05, 0.1) is 16.2 Å². The highest BCUT2D eigenvalue weighted by atomic mass is 35.5. The van der Waals surface area contributed by atoms with E-state index in [2.05, 4.69) is 9.55 Å². The van der Waals surface area contributed by atoms with Crippen LogP contribution >= 0.6 is 11.6 Å². The normalized spacial score (nSPS) is 11.5. The standard InChI is InChI=1S/C23H18ClN3O2S/c1-15-20-11-19(24)6-7-21(20)27(23(15)17-4-3-9-26-13-17)14-16-5-8-22(30(2,28)29)18(10-16)12-25/h3-11,13H,14H2,1-2H3. The summed E-state index contributed by atoms with van der Waals surface area (Å²) in [6, 6.07) is 16.5. The zero-order valence-electron chi connectivity index (χ0n) is 16.4. The summed E-state index contributed by atoms with van der Waals surface area (Å²) in [5.41, 5.74) is 5.03. The highest BCUT2D eigenvalue weighted by Crippen LogP contribution is 2.35. The second kappa shape index (κ2) is 7.60. The fourth-order valence-corrected chi connectivity index (χ4v) is 4.79. The third-order valence-electron chi connectivity index (χ3n) is 5.12. The largest absolute Gasteiger partial charge is 0.336 e. The van der Waals surface area contributed by atoms with Crippen LogP contribution in [-0.4, -0.2) is 24.2 Å². The Hall–Kier alpha value is -3.14. The zero-order valence-corrected chi connectivity index (χ0v) is 18.0. The van der Waals surface area contributed by atoms with E-state index < -0.39 is 9.84 Å². The molecule has 5 nitrogen and oxygen atoms in total. The first-order valence-corrected chi connectivity index (χ1v) is 11.5. The van der Waals surface area contributed by atoms with Gasteiger partial charge >= 0.3 is 0 Å². The molecular formula is C23H18ClN3O2S. The number of rotatable bonds is 4. The zero-order chi connectivity index (χ0) is 21.5. The fourth-order valence-electron chi connectivity index (χ4n) is 3.80. The number of benzene rings is 2. The van der Waals surface area contributed by atoms with Crippen molar-refractivity contribution in [3.05, 3.63) is 82.6 Å². The minimum absolute atomic E-state index is 0.0431. The van der Waals surface area contributed by atoms with E-state index in [-0.39, 0.29) is 10.5 Å². The molecule has 0 unspecified atom stereocenters. The van der Waals surface area contributed by atoms with Gasteiger partial charge in [0.15, 0.2) is 9.84 Å². The van der Waals surface area contributed by atoms with Crippen molar-refractivity contribution in [1.82, 2.24) is 9.55 Å². The number of nitriles is 1. The second-order valence-electron chi connectivity index (χ2n) is 7.18. The number of hydrogen-bond acceptors (Lipinski definition) is 4. The summed E-state index contributed by atoms with van der Waals surface area (Å²) in [6.07, 6.45) is 4.65. The molecule has 2 aromatic carbocycles. The lowest BCUT2D eigenvalue weighted by Crippen LogP contribution is -2.05. The van der Waals surface area contributed by atoms with E-state index in [4.69, 9.17) is 11.6 Å². The Morgan fingerprint density at radius 1 is 1.17 bits per heavy atom. The second-order valence-corrected chi connectivity index (χ2v) is 9.60. The van der Waals surface area contributed by atoms with Crippen LogP contribution in [0.25, 0.3) is 22.2 Å². The molecule has 0 aliphatic rings. The van der Waals surface area contributed by atoms with E-state index >= 15 is 0 Å². The van der Waals surface area contributed by atoms with E-state index in [1.807, 2.05) is 49.5 Å². The molecule has 30 heavy (non-hydrogen) atoms. The molecule has 0 aliphatic carbocycles. The van der Waals surface area contributed by atoms with Crippen molar-refractivity contribution in [2.45, 2.75) is 18.4 Å². The smallest absolute Gasteiger partial charge is 0.176 e. The number of nitrogens with zero attached hydrogens (tertiary/aromatic N) is 3. The summed E-state index contributed by atoms with van der Waals surface area (Å²) in [7, 11) is -3.47. The van der Waals surface area contributed by atoms with E-state index in [9.17, 15) is 13.7 Å². The summed E-state index contributed by atoms with van der Waals surface area (Å²) in [5, 5.41) is 11.2. The first kappa shape index (κ1) is 20.1. The van der Waals surface area contributed by atoms with E-state index in [0.29, 0.717) is 11.6 Å². The van der Waals surface area contributed by atoms with Crippen LogP contribution in [0.5, 0.6) is 0 Å². The lowest BCUT2D eigenvalue weighted by molar-refractivity contribution is 0.601. The first-order chi connectivity index (χ1) is 14.3. The number of aryl methyl sites for hydroxylation is 1. The van der Waals surface area contributed by atoms with Crippen LogP contribution in [0.1, 0.15) is 16.7 Å². The fraction of sp³-hybridized carbons (Fsp3) is 0.130. The van der Waals surface area contributed by atoms with Crippen molar-refractivity contribution in [3.8, 4) is 17.3 Å². The van der Waals surface area contributed by atoms with E-state index in [1.54, 1.807) is 18.3 Å². The van der Waals surface area contributed by atoms with Gasteiger partial charge in [0.2, 0.25) is 0 Å². The van der Waals surface area contributed by atoms with Gasteiger partial charge in [-0.3, -0.25) is 4.98 Å². The molecule has 0 spiro atoms. The van der Waals surface area contributed by atoms with Crippen LogP contribution in [0.3, 0.4) is 0 Å². The van der Waals surface area contributed by atoms with Crippen molar-refractivity contribution in [1.29, 1.82) is 5.26 Å². The molecule has 4 aromatic rings. The highest BCUT2D eigenvalue weighted by Gasteiger charge is 2.18. The number of hydrogen-bond donors (Lipinski definition) is 0. The van der Waals surface area contributed by atoms with Gasteiger partial charge in [0.1, 0.15) is 6.07 Å². The Kier molecular flexibility index (Phi) is 5.10. The summed E-state index contributed by atoms with van der Waals surface area (Å²) >= 11 is 6.24. The number of aromatic nitrogens is 2. The molecule has 0 radical (unpaired) electrons. The minimum Gasteiger partial charge on any atom is -0.336 e. The maximum Gasteiger partial charge on any atom is 0.176 e. The summed E-state index contributed by atoms with van der Waals surface area (Å²) in [6.45, 7) is 2.51. The van der Waals surface area contributed by atoms with Crippen LogP contribution in [0.2, 0.25) is 5.02 Å². The predicted molar refractivity (Wildman–Crippen MR) is 118 cm³/mol. The summed E-state index contributed by atoms with van der Waals surface area (Å²) in [5.74, 6) is 0. The van der Waals surface area contributed by atoms with Crippen LogP contribution in [0.4, 0.5) is 0 Å². The molecule has 0 amide bonds. The molecule has 4 rings (SSSR count). The molecule has 0 fully saturated rings.